The summed E-state index contributed by atoms with van der Waals surface area (Å²) in [6.45, 7) is 1.28. The number of benzene rings is 1. The molecule has 1 aromatic rings. The predicted octanol–water partition coefficient (Wildman–Crippen LogP) is 2.53. The monoisotopic (exact) mass is 246 g/mol. The molecule has 0 aliphatic rings. The second-order valence-corrected chi connectivity index (χ2v) is 3.49. The molecule has 0 spiro atoms. The van der Waals surface area contributed by atoms with E-state index in [0.29, 0.717) is 5.75 Å². The first-order chi connectivity index (χ1) is 7.77. The number of nitrogen functional groups attached to an aromatic ring is 1. The standard InChI is InChI=1S/C11H13F3N2O/c1-6(10(16)11(12,13)14)8-4-3-7(17-2)5-9(8)15/h3-5H,15-16H2,1-2H3/b10-6-. The summed E-state index contributed by atoms with van der Waals surface area (Å²) in [6.07, 6.45) is -4.56. The molecule has 0 aliphatic carbocycles. The highest BCUT2D eigenvalue weighted by atomic mass is 19.4. The number of allylic oxidation sites excluding steroid dienone is 2. The van der Waals surface area contributed by atoms with Crippen molar-refractivity contribution in [1.82, 2.24) is 0 Å². The van der Waals surface area contributed by atoms with Gasteiger partial charge in [-0.15, -0.1) is 0 Å². The maximum Gasteiger partial charge on any atom is 0.430 e. The molecule has 0 amide bonds. The topological polar surface area (TPSA) is 61.3 Å². The molecule has 1 rings (SSSR count). The van der Waals surface area contributed by atoms with Crippen LogP contribution in [0, 0.1) is 0 Å². The third-order valence-corrected chi connectivity index (χ3v) is 2.37. The Morgan fingerprint density at radius 3 is 2.29 bits per heavy atom. The molecule has 6 heteroatoms. The van der Waals surface area contributed by atoms with Crippen molar-refractivity contribution < 1.29 is 17.9 Å². The van der Waals surface area contributed by atoms with E-state index in [2.05, 4.69) is 0 Å². The van der Waals surface area contributed by atoms with Crippen LogP contribution in [-0.2, 0) is 0 Å². The number of hydrogen-bond donors (Lipinski definition) is 2. The summed E-state index contributed by atoms with van der Waals surface area (Å²) in [4.78, 5) is 0. The number of hydrogen-bond acceptors (Lipinski definition) is 3. The Bertz CT molecular complexity index is 453. The van der Waals surface area contributed by atoms with Crippen LogP contribution in [0.1, 0.15) is 12.5 Å². The Balaban J connectivity index is 3.26. The first-order valence-corrected chi connectivity index (χ1v) is 4.74. The number of nitrogens with two attached hydrogens (primary N) is 2. The van der Waals surface area contributed by atoms with Gasteiger partial charge in [0.15, 0.2) is 0 Å². The molecule has 0 unspecified atom stereocenters. The minimum atomic E-state index is -4.56. The Hall–Kier alpha value is -1.85. The lowest BCUT2D eigenvalue weighted by Crippen LogP contribution is -2.21. The van der Waals surface area contributed by atoms with Gasteiger partial charge >= 0.3 is 6.18 Å². The third kappa shape index (κ3) is 2.83. The fraction of sp³-hybridized carbons (Fsp3) is 0.273. The van der Waals surface area contributed by atoms with Crippen molar-refractivity contribution in [2.45, 2.75) is 13.1 Å². The summed E-state index contributed by atoms with van der Waals surface area (Å²) in [5.74, 6) is 0.477. The largest absolute Gasteiger partial charge is 0.497 e. The van der Waals surface area contributed by atoms with Crippen LogP contribution in [-0.4, -0.2) is 13.3 Å². The first-order valence-electron chi connectivity index (χ1n) is 4.74. The van der Waals surface area contributed by atoms with Crippen molar-refractivity contribution in [1.29, 1.82) is 0 Å². The van der Waals surface area contributed by atoms with Crippen molar-refractivity contribution >= 4 is 11.3 Å². The van der Waals surface area contributed by atoms with Crippen molar-refractivity contribution in [3.05, 3.63) is 29.5 Å². The number of methoxy groups -OCH3 is 1. The average molecular weight is 246 g/mol. The van der Waals surface area contributed by atoms with E-state index in [0.717, 1.165) is 0 Å². The first kappa shape index (κ1) is 13.2. The van der Waals surface area contributed by atoms with E-state index in [1.165, 1.54) is 32.2 Å². The summed E-state index contributed by atoms with van der Waals surface area (Å²) in [5.41, 5.74) is 9.87. The Kier molecular flexibility index (Phi) is 3.55. The molecular weight excluding hydrogens is 233 g/mol. The van der Waals surface area contributed by atoms with Crippen molar-refractivity contribution in [3.8, 4) is 5.75 Å². The molecule has 3 nitrogen and oxygen atoms in total. The Labute approximate surface area is 96.9 Å². The maximum atomic E-state index is 12.4. The molecule has 1 aromatic carbocycles. The number of ether oxygens (including phenoxy) is 1. The lowest BCUT2D eigenvalue weighted by atomic mass is 10.0. The van der Waals surface area contributed by atoms with Gasteiger partial charge < -0.3 is 16.2 Å². The van der Waals surface area contributed by atoms with E-state index >= 15 is 0 Å². The van der Waals surface area contributed by atoms with E-state index in [-0.39, 0.29) is 16.8 Å². The van der Waals surface area contributed by atoms with Gasteiger partial charge in [0.25, 0.3) is 0 Å². The van der Waals surface area contributed by atoms with E-state index in [4.69, 9.17) is 16.2 Å². The zero-order chi connectivity index (χ0) is 13.2. The number of alkyl halides is 3. The molecule has 4 N–H and O–H groups in total. The molecule has 0 radical (unpaired) electrons. The minimum absolute atomic E-state index is 0.0994. The summed E-state index contributed by atoms with van der Waals surface area (Å²) in [6, 6.07) is 4.42. The summed E-state index contributed by atoms with van der Waals surface area (Å²) in [7, 11) is 1.45. The number of rotatable bonds is 2. The predicted molar refractivity (Wildman–Crippen MR) is 60.2 cm³/mol. The van der Waals surface area contributed by atoms with Crippen LogP contribution in [0.3, 0.4) is 0 Å². The van der Waals surface area contributed by atoms with Crippen LogP contribution in [0.5, 0.6) is 5.75 Å². The molecule has 0 saturated carbocycles. The van der Waals surface area contributed by atoms with E-state index < -0.39 is 11.9 Å². The zero-order valence-corrected chi connectivity index (χ0v) is 9.43. The molecule has 0 saturated heterocycles. The quantitative estimate of drug-likeness (QED) is 0.788. The highest BCUT2D eigenvalue weighted by molar-refractivity contribution is 5.76. The lowest BCUT2D eigenvalue weighted by molar-refractivity contribution is -0.0920. The number of halogens is 3. The van der Waals surface area contributed by atoms with E-state index in [1.54, 1.807) is 0 Å². The van der Waals surface area contributed by atoms with Gasteiger partial charge in [-0.05, 0) is 24.6 Å². The fourth-order valence-electron chi connectivity index (χ4n) is 1.37. The molecule has 0 heterocycles. The minimum Gasteiger partial charge on any atom is -0.497 e. The average Bonchev–Trinajstić information content (AvgIpc) is 2.25. The molecule has 0 bridgehead atoms. The molecule has 0 aromatic heterocycles. The van der Waals surface area contributed by atoms with Gasteiger partial charge in [-0.1, -0.05) is 0 Å². The van der Waals surface area contributed by atoms with Gasteiger partial charge in [0.1, 0.15) is 11.4 Å². The van der Waals surface area contributed by atoms with E-state index in [1.807, 2.05) is 0 Å². The fourth-order valence-corrected chi connectivity index (χ4v) is 1.37. The van der Waals surface area contributed by atoms with Gasteiger partial charge in [-0.25, -0.2) is 0 Å². The molecule has 17 heavy (non-hydrogen) atoms. The van der Waals surface area contributed by atoms with Gasteiger partial charge in [0.2, 0.25) is 0 Å². The normalized spacial score (nSPS) is 13.2. The molecule has 0 fully saturated rings. The van der Waals surface area contributed by atoms with Gasteiger partial charge in [0.05, 0.1) is 7.11 Å². The van der Waals surface area contributed by atoms with Crippen molar-refractivity contribution in [2.75, 3.05) is 12.8 Å². The summed E-state index contributed by atoms with van der Waals surface area (Å²) in [5, 5.41) is 0. The summed E-state index contributed by atoms with van der Waals surface area (Å²) < 4.78 is 42.1. The SMILES string of the molecule is COc1ccc(/C(C)=C(\N)C(F)(F)F)c(N)c1. The van der Waals surface area contributed by atoms with Crippen LogP contribution in [0.25, 0.3) is 5.57 Å². The van der Waals surface area contributed by atoms with E-state index in [9.17, 15) is 13.2 Å². The van der Waals surface area contributed by atoms with Crippen LogP contribution >= 0.6 is 0 Å². The van der Waals surface area contributed by atoms with Gasteiger partial charge in [0, 0.05) is 17.3 Å². The Morgan fingerprint density at radius 1 is 1.29 bits per heavy atom. The van der Waals surface area contributed by atoms with Gasteiger partial charge in [-0.3, -0.25) is 0 Å². The summed E-state index contributed by atoms with van der Waals surface area (Å²) >= 11 is 0. The smallest absolute Gasteiger partial charge is 0.430 e. The Morgan fingerprint density at radius 2 is 1.88 bits per heavy atom. The van der Waals surface area contributed by atoms with Crippen molar-refractivity contribution in [2.24, 2.45) is 5.73 Å². The second kappa shape index (κ2) is 4.57. The molecule has 0 atom stereocenters. The highest BCUT2D eigenvalue weighted by Crippen LogP contribution is 2.32. The highest BCUT2D eigenvalue weighted by Gasteiger charge is 2.33. The van der Waals surface area contributed by atoms with Gasteiger partial charge in [-0.2, -0.15) is 13.2 Å². The van der Waals surface area contributed by atoms with Crippen LogP contribution < -0.4 is 16.2 Å². The lowest BCUT2D eigenvalue weighted by Gasteiger charge is -2.13. The molecular formula is C11H13F3N2O. The molecule has 94 valence electrons. The maximum absolute atomic E-state index is 12.4. The van der Waals surface area contributed by atoms with Crippen LogP contribution in [0.15, 0.2) is 23.9 Å². The second-order valence-electron chi connectivity index (χ2n) is 3.49. The van der Waals surface area contributed by atoms with Crippen molar-refractivity contribution in [3.63, 3.8) is 0 Å². The molecule has 0 aliphatic heterocycles. The van der Waals surface area contributed by atoms with Crippen LogP contribution in [0.4, 0.5) is 18.9 Å². The zero-order valence-electron chi connectivity index (χ0n) is 9.43. The van der Waals surface area contributed by atoms with Crippen LogP contribution in [0.2, 0.25) is 0 Å². The number of anilines is 1. The third-order valence-electron chi connectivity index (χ3n) is 2.37.